The predicted octanol–water partition coefficient (Wildman–Crippen LogP) is 4.53. The normalized spacial score (nSPS) is 13.0. The number of rotatable bonds is 3. The number of ether oxygens (including phenoxy) is 1. The highest BCUT2D eigenvalue weighted by Crippen LogP contribution is 2.30. The van der Waals surface area contributed by atoms with Gasteiger partial charge in [0.25, 0.3) is 0 Å². The van der Waals surface area contributed by atoms with Crippen LogP contribution in [0.25, 0.3) is 0 Å². The minimum atomic E-state index is -4.75. The third kappa shape index (κ3) is 3.95. The molecule has 21 heavy (non-hydrogen) atoms. The van der Waals surface area contributed by atoms with E-state index >= 15 is 0 Å². The monoisotopic (exact) mass is 363 g/mol. The molecule has 0 saturated heterocycles. The molecular weight excluding hydrogens is 354 g/mol. The highest BCUT2D eigenvalue weighted by molar-refractivity contribution is 9.10. The first-order valence-electron chi connectivity index (χ1n) is 5.83. The summed E-state index contributed by atoms with van der Waals surface area (Å²) in [7, 11) is 0. The Labute approximate surface area is 126 Å². The average Bonchev–Trinajstić information content (AvgIpc) is 2.37. The molecular formula is C14H10BrF4NO. The molecule has 1 atom stereocenters. The summed E-state index contributed by atoms with van der Waals surface area (Å²) in [6.45, 7) is 0. The standard InChI is InChI=1S/C14H10BrF4NO/c15-10-2-1-3-11(16)12(10)13(20)8-4-6-9(7-5-8)21-14(17,18)19/h1-7,13H,20H2/t13-/m1/s1. The molecule has 0 aliphatic carbocycles. The van der Waals surface area contributed by atoms with Gasteiger partial charge in [0.15, 0.2) is 0 Å². The van der Waals surface area contributed by atoms with Crippen LogP contribution >= 0.6 is 15.9 Å². The van der Waals surface area contributed by atoms with Crippen LogP contribution in [0.1, 0.15) is 17.2 Å². The molecule has 2 rings (SSSR count). The summed E-state index contributed by atoms with van der Waals surface area (Å²) < 4.78 is 54.3. The Balaban J connectivity index is 2.26. The molecule has 2 aromatic carbocycles. The Morgan fingerprint density at radius 1 is 1.05 bits per heavy atom. The minimum Gasteiger partial charge on any atom is -0.406 e. The molecule has 0 aromatic heterocycles. The summed E-state index contributed by atoms with van der Waals surface area (Å²) in [5.41, 5.74) is 6.67. The lowest BCUT2D eigenvalue weighted by molar-refractivity contribution is -0.274. The Bertz CT molecular complexity index is 608. The zero-order chi connectivity index (χ0) is 15.6. The summed E-state index contributed by atoms with van der Waals surface area (Å²) >= 11 is 3.21. The fraction of sp³-hybridized carbons (Fsp3) is 0.143. The van der Waals surface area contributed by atoms with E-state index in [1.54, 1.807) is 6.07 Å². The zero-order valence-electron chi connectivity index (χ0n) is 10.5. The Kier molecular flexibility index (Phi) is 4.53. The van der Waals surface area contributed by atoms with Gasteiger partial charge in [-0.1, -0.05) is 34.1 Å². The number of nitrogens with two attached hydrogens (primary N) is 1. The van der Waals surface area contributed by atoms with Gasteiger partial charge in [0, 0.05) is 10.0 Å². The molecule has 0 amide bonds. The lowest BCUT2D eigenvalue weighted by Gasteiger charge is -2.16. The van der Waals surface area contributed by atoms with Crippen molar-refractivity contribution in [3.05, 3.63) is 63.9 Å². The van der Waals surface area contributed by atoms with Crippen LogP contribution in [0.5, 0.6) is 5.75 Å². The first kappa shape index (κ1) is 15.8. The van der Waals surface area contributed by atoms with Crippen molar-refractivity contribution >= 4 is 15.9 Å². The molecule has 2 nitrogen and oxygen atoms in total. The van der Waals surface area contributed by atoms with Crippen LogP contribution in [-0.2, 0) is 0 Å². The Hall–Kier alpha value is -1.60. The number of alkyl halides is 3. The van der Waals surface area contributed by atoms with Gasteiger partial charge in [0.1, 0.15) is 11.6 Å². The van der Waals surface area contributed by atoms with E-state index in [0.29, 0.717) is 10.0 Å². The van der Waals surface area contributed by atoms with Crippen molar-refractivity contribution in [3.8, 4) is 5.75 Å². The third-order valence-electron chi connectivity index (χ3n) is 2.78. The molecule has 0 radical (unpaired) electrons. The van der Waals surface area contributed by atoms with Crippen LogP contribution in [0.3, 0.4) is 0 Å². The van der Waals surface area contributed by atoms with E-state index in [4.69, 9.17) is 5.73 Å². The van der Waals surface area contributed by atoms with Gasteiger partial charge in [-0.15, -0.1) is 13.2 Å². The molecule has 112 valence electrons. The fourth-order valence-corrected chi connectivity index (χ4v) is 2.44. The van der Waals surface area contributed by atoms with Gasteiger partial charge >= 0.3 is 6.36 Å². The van der Waals surface area contributed by atoms with Crippen molar-refractivity contribution in [3.63, 3.8) is 0 Å². The maximum absolute atomic E-state index is 13.8. The SMILES string of the molecule is N[C@H](c1ccc(OC(F)(F)F)cc1)c1c(F)cccc1Br. The lowest BCUT2D eigenvalue weighted by Crippen LogP contribution is -2.17. The first-order chi connectivity index (χ1) is 9.78. The summed E-state index contributed by atoms with van der Waals surface area (Å²) in [6.07, 6.45) is -4.75. The van der Waals surface area contributed by atoms with E-state index in [1.807, 2.05) is 0 Å². The molecule has 2 aromatic rings. The minimum absolute atomic E-state index is 0.238. The van der Waals surface area contributed by atoms with Crippen LogP contribution in [-0.4, -0.2) is 6.36 Å². The van der Waals surface area contributed by atoms with Gasteiger partial charge < -0.3 is 10.5 Å². The van der Waals surface area contributed by atoms with Gasteiger partial charge in [-0.3, -0.25) is 0 Å². The van der Waals surface area contributed by atoms with Gasteiger partial charge in [-0.25, -0.2) is 4.39 Å². The second-order valence-electron chi connectivity index (χ2n) is 4.23. The van der Waals surface area contributed by atoms with Crippen LogP contribution < -0.4 is 10.5 Å². The Morgan fingerprint density at radius 2 is 1.67 bits per heavy atom. The molecule has 0 unspecified atom stereocenters. The largest absolute Gasteiger partial charge is 0.573 e. The van der Waals surface area contributed by atoms with Crippen molar-refractivity contribution in [1.29, 1.82) is 0 Å². The summed E-state index contributed by atoms with van der Waals surface area (Å²) in [4.78, 5) is 0. The number of benzene rings is 2. The number of hydrogen-bond donors (Lipinski definition) is 1. The van der Waals surface area contributed by atoms with Gasteiger partial charge in [-0.05, 0) is 29.8 Å². The molecule has 0 bridgehead atoms. The van der Waals surface area contributed by atoms with Crippen molar-refractivity contribution < 1.29 is 22.3 Å². The Morgan fingerprint density at radius 3 is 2.19 bits per heavy atom. The van der Waals surface area contributed by atoms with E-state index in [-0.39, 0.29) is 11.3 Å². The van der Waals surface area contributed by atoms with Gasteiger partial charge in [0.05, 0.1) is 6.04 Å². The topological polar surface area (TPSA) is 35.2 Å². The number of hydrogen-bond acceptors (Lipinski definition) is 2. The van der Waals surface area contributed by atoms with Crippen molar-refractivity contribution in [2.24, 2.45) is 5.73 Å². The fourth-order valence-electron chi connectivity index (χ4n) is 1.85. The van der Waals surface area contributed by atoms with Crippen LogP contribution in [0.15, 0.2) is 46.9 Å². The quantitative estimate of drug-likeness (QED) is 0.812. The summed E-state index contributed by atoms with van der Waals surface area (Å²) in [5.74, 6) is -0.849. The first-order valence-corrected chi connectivity index (χ1v) is 6.62. The van der Waals surface area contributed by atoms with Crippen LogP contribution in [0, 0.1) is 5.82 Å². The highest BCUT2D eigenvalue weighted by atomic mass is 79.9. The molecule has 0 heterocycles. The molecule has 0 aliphatic rings. The van der Waals surface area contributed by atoms with E-state index < -0.39 is 18.2 Å². The number of halogens is 5. The third-order valence-corrected chi connectivity index (χ3v) is 3.48. The molecule has 0 spiro atoms. The maximum atomic E-state index is 13.8. The molecule has 0 aliphatic heterocycles. The van der Waals surface area contributed by atoms with E-state index in [0.717, 1.165) is 12.1 Å². The summed E-state index contributed by atoms with van der Waals surface area (Å²) in [5, 5.41) is 0. The maximum Gasteiger partial charge on any atom is 0.573 e. The van der Waals surface area contributed by atoms with E-state index in [2.05, 4.69) is 20.7 Å². The lowest BCUT2D eigenvalue weighted by atomic mass is 9.99. The predicted molar refractivity (Wildman–Crippen MR) is 73.3 cm³/mol. The van der Waals surface area contributed by atoms with Crippen LogP contribution in [0.4, 0.5) is 17.6 Å². The second-order valence-corrected chi connectivity index (χ2v) is 5.08. The smallest absolute Gasteiger partial charge is 0.406 e. The molecule has 0 saturated carbocycles. The van der Waals surface area contributed by atoms with Gasteiger partial charge in [0.2, 0.25) is 0 Å². The van der Waals surface area contributed by atoms with E-state index in [1.165, 1.54) is 24.3 Å². The second kappa shape index (κ2) is 6.03. The summed E-state index contributed by atoms with van der Waals surface area (Å²) in [6, 6.07) is 8.63. The zero-order valence-corrected chi connectivity index (χ0v) is 12.1. The van der Waals surface area contributed by atoms with E-state index in [9.17, 15) is 17.6 Å². The van der Waals surface area contributed by atoms with Crippen molar-refractivity contribution in [2.45, 2.75) is 12.4 Å². The van der Waals surface area contributed by atoms with Crippen molar-refractivity contribution in [1.82, 2.24) is 0 Å². The van der Waals surface area contributed by atoms with Gasteiger partial charge in [-0.2, -0.15) is 0 Å². The average molecular weight is 364 g/mol. The molecule has 7 heteroatoms. The molecule has 0 fully saturated rings. The van der Waals surface area contributed by atoms with Crippen LogP contribution in [0.2, 0.25) is 0 Å². The molecule has 2 N–H and O–H groups in total. The van der Waals surface area contributed by atoms with Crippen molar-refractivity contribution in [2.75, 3.05) is 0 Å². The highest BCUT2D eigenvalue weighted by Gasteiger charge is 2.31.